The maximum Gasteiger partial charge on any atom is 0.328 e. The molecule has 0 saturated carbocycles. The van der Waals surface area contributed by atoms with Gasteiger partial charge in [-0.3, -0.25) is 9.59 Å². The fraction of sp³-hybridized carbons (Fsp3) is 0.400. The fourth-order valence-electron chi connectivity index (χ4n) is 2.38. The zero-order valence-corrected chi connectivity index (χ0v) is 12.6. The van der Waals surface area contributed by atoms with Crippen molar-refractivity contribution in [1.82, 2.24) is 9.80 Å². The molecule has 2 amide bonds. The minimum absolute atomic E-state index is 0.00889. The maximum absolute atomic E-state index is 12.4. The number of hydrogen-bond acceptors (Lipinski definition) is 4. The number of nitrogens with zero attached hydrogens (tertiary/aromatic N) is 3. The molecule has 1 unspecified atom stereocenters. The lowest BCUT2D eigenvalue weighted by molar-refractivity contribution is -0.158. The number of likely N-dealkylation sites (N-methyl/N-ethyl adjacent to an activating group) is 2. The Hall–Kier alpha value is -2.57. The summed E-state index contributed by atoms with van der Waals surface area (Å²) in [5.74, 6) is -1.73. The first-order valence-electron chi connectivity index (χ1n) is 6.92. The number of amides is 2. The number of piperazine rings is 1. The molecule has 1 atom stereocenters. The van der Waals surface area contributed by atoms with E-state index in [0.717, 1.165) is 10.6 Å². The Labute approximate surface area is 128 Å². The third-order valence-corrected chi connectivity index (χ3v) is 3.73. The van der Waals surface area contributed by atoms with Crippen molar-refractivity contribution < 1.29 is 19.5 Å². The monoisotopic (exact) mass is 305 g/mol. The number of anilines is 1. The smallest absolute Gasteiger partial charge is 0.328 e. The highest BCUT2D eigenvalue weighted by molar-refractivity contribution is 5.92. The average molecular weight is 305 g/mol. The zero-order valence-electron chi connectivity index (χ0n) is 12.6. The van der Waals surface area contributed by atoms with Crippen LogP contribution in [0, 0.1) is 0 Å². The predicted molar refractivity (Wildman–Crippen MR) is 80.5 cm³/mol. The second-order valence-electron chi connectivity index (χ2n) is 5.34. The number of benzene rings is 1. The number of aliphatic carboxylic acids is 1. The molecule has 1 aliphatic rings. The highest BCUT2D eigenvalue weighted by atomic mass is 16.4. The summed E-state index contributed by atoms with van der Waals surface area (Å²) in [5.41, 5.74) is 0.850. The van der Waals surface area contributed by atoms with Crippen LogP contribution in [-0.2, 0) is 14.4 Å². The molecule has 1 saturated heterocycles. The highest BCUT2D eigenvalue weighted by Gasteiger charge is 2.37. The van der Waals surface area contributed by atoms with Gasteiger partial charge in [0.2, 0.25) is 11.8 Å². The summed E-state index contributed by atoms with van der Waals surface area (Å²) >= 11 is 0. The van der Waals surface area contributed by atoms with Crippen molar-refractivity contribution in [1.29, 1.82) is 0 Å². The first-order valence-corrected chi connectivity index (χ1v) is 6.92. The van der Waals surface area contributed by atoms with E-state index in [1.54, 1.807) is 11.9 Å². The first-order chi connectivity index (χ1) is 10.4. The summed E-state index contributed by atoms with van der Waals surface area (Å²) in [6, 6.07) is 8.30. The van der Waals surface area contributed by atoms with Crippen molar-refractivity contribution in [2.45, 2.75) is 6.04 Å². The van der Waals surface area contributed by atoms with Gasteiger partial charge >= 0.3 is 5.97 Å². The molecule has 1 N–H and O–H groups in total. The number of carboxylic acids is 1. The van der Waals surface area contributed by atoms with E-state index in [9.17, 15) is 19.5 Å². The standard InChI is InChI=1S/C15H19N3O4/c1-16(11-6-4-3-5-7-11)9-14(20)18-10-13(19)17(2)8-12(18)15(21)22/h3-7,12H,8-10H2,1-2H3,(H,21,22). The van der Waals surface area contributed by atoms with Crippen molar-refractivity contribution in [3.05, 3.63) is 30.3 Å². The summed E-state index contributed by atoms with van der Waals surface area (Å²) in [6.45, 7) is -0.172. The van der Waals surface area contributed by atoms with Gasteiger partial charge in [0.25, 0.3) is 0 Å². The largest absolute Gasteiger partial charge is 0.480 e. The van der Waals surface area contributed by atoms with Crippen LogP contribution in [0.1, 0.15) is 0 Å². The Bertz CT molecular complexity index is 575. The number of carboxylic acid groups (broad SMARTS) is 1. The van der Waals surface area contributed by atoms with Crippen molar-refractivity contribution in [3.63, 3.8) is 0 Å². The van der Waals surface area contributed by atoms with Crippen LogP contribution < -0.4 is 4.90 Å². The van der Waals surface area contributed by atoms with Gasteiger partial charge in [0.05, 0.1) is 13.1 Å². The van der Waals surface area contributed by atoms with Gasteiger partial charge in [0.15, 0.2) is 0 Å². The molecule has 0 bridgehead atoms. The van der Waals surface area contributed by atoms with E-state index in [-0.39, 0.29) is 31.4 Å². The molecule has 0 aromatic heterocycles. The molecule has 0 radical (unpaired) electrons. The van der Waals surface area contributed by atoms with E-state index in [1.165, 1.54) is 11.9 Å². The Morgan fingerprint density at radius 1 is 1.32 bits per heavy atom. The minimum Gasteiger partial charge on any atom is -0.480 e. The van der Waals surface area contributed by atoms with Gasteiger partial charge in [0, 0.05) is 19.8 Å². The molecule has 118 valence electrons. The van der Waals surface area contributed by atoms with Gasteiger partial charge in [-0.1, -0.05) is 18.2 Å². The lowest BCUT2D eigenvalue weighted by Crippen LogP contribution is -2.60. The number of rotatable bonds is 4. The molecule has 1 aliphatic heterocycles. The first kappa shape index (κ1) is 15.8. The fourth-order valence-corrected chi connectivity index (χ4v) is 2.38. The van der Waals surface area contributed by atoms with Crippen LogP contribution in [0.5, 0.6) is 0 Å². The number of hydrogen-bond donors (Lipinski definition) is 1. The van der Waals surface area contributed by atoms with Crippen LogP contribution in [0.4, 0.5) is 5.69 Å². The van der Waals surface area contributed by atoms with Crippen molar-refractivity contribution in [2.24, 2.45) is 0 Å². The Kier molecular flexibility index (Phi) is 4.65. The zero-order chi connectivity index (χ0) is 16.3. The number of carbonyl (C=O) groups excluding carboxylic acids is 2. The molecule has 7 nitrogen and oxygen atoms in total. The van der Waals surface area contributed by atoms with Gasteiger partial charge in [-0.2, -0.15) is 0 Å². The van der Waals surface area contributed by atoms with Crippen molar-refractivity contribution in [3.8, 4) is 0 Å². The molecule has 7 heteroatoms. The molecule has 1 fully saturated rings. The van der Waals surface area contributed by atoms with Crippen LogP contribution in [0.25, 0.3) is 0 Å². The highest BCUT2D eigenvalue weighted by Crippen LogP contribution is 2.14. The third-order valence-electron chi connectivity index (χ3n) is 3.73. The summed E-state index contributed by atoms with van der Waals surface area (Å²) < 4.78 is 0. The Balaban J connectivity index is 2.09. The number of carbonyl (C=O) groups is 3. The van der Waals surface area contributed by atoms with Gasteiger partial charge in [-0.25, -0.2) is 4.79 Å². The summed E-state index contributed by atoms with van der Waals surface area (Å²) in [7, 11) is 3.29. The lowest BCUT2D eigenvalue weighted by atomic mass is 10.1. The van der Waals surface area contributed by atoms with Crippen molar-refractivity contribution >= 4 is 23.5 Å². The van der Waals surface area contributed by atoms with E-state index >= 15 is 0 Å². The molecule has 22 heavy (non-hydrogen) atoms. The molecule has 2 rings (SSSR count). The molecular weight excluding hydrogens is 286 g/mol. The lowest BCUT2D eigenvalue weighted by Gasteiger charge is -2.37. The topological polar surface area (TPSA) is 81.2 Å². The minimum atomic E-state index is -1.10. The average Bonchev–Trinajstić information content (AvgIpc) is 2.50. The van der Waals surface area contributed by atoms with Crippen LogP contribution >= 0.6 is 0 Å². The summed E-state index contributed by atoms with van der Waals surface area (Å²) in [6.07, 6.45) is 0. The van der Waals surface area contributed by atoms with Gasteiger partial charge in [-0.05, 0) is 12.1 Å². The van der Waals surface area contributed by atoms with Gasteiger partial charge < -0.3 is 19.8 Å². The molecule has 0 spiro atoms. The van der Waals surface area contributed by atoms with E-state index in [1.807, 2.05) is 30.3 Å². The van der Waals surface area contributed by atoms with Crippen molar-refractivity contribution in [2.75, 3.05) is 38.6 Å². The molecule has 1 heterocycles. The number of para-hydroxylation sites is 1. The predicted octanol–water partition coefficient (Wildman–Crippen LogP) is -0.123. The second kappa shape index (κ2) is 6.46. The quantitative estimate of drug-likeness (QED) is 0.838. The van der Waals surface area contributed by atoms with E-state index in [2.05, 4.69) is 0 Å². The SMILES string of the molecule is CN1CC(C(=O)O)N(C(=O)CN(C)c2ccccc2)CC1=O. The molecular formula is C15H19N3O4. The van der Waals surface area contributed by atoms with Gasteiger partial charge in [-0.15, -0.1) is 0 Å². The van der Waals surface area contributed by atoms with E-state index in [4.69, 9.17) is 0 Å². The van der Waals surface area contributed by atoms with Crippen LogP contribution in [0.2, 0.25) is 0 Å². The normalized spacial score (nSPS) is 18.3. The van der Waals surface area contributed by atoms with Gasteiger partial charge in [0.1, 0.15) is 12.6 Å². The molecule has 0 aliphatic carbocycles. The van der Waals surface area contributed by atoms with E-state index in [0.29, 0.717) is 0 Å². The summed E-state index contributed by atoms with van der Waals surface area (Å²) in [4.78, 5) is 39.7. The van der Waals surface area contributed by atoms with Crippen LogP contribution in [-0.4, -0.2) is 72.5 Å². The third kappa shape index (κ3) is 3.36. The van der Waals surface area contributed by atoms with Crippen LogP contribution in [0.3, 0.4) is 0 Å². The summed E-state index contributed by atoms with van der Waals surface area (Å²) in [5, 5.41) is 9.27. The van der Waals surface area contributed by atoms with E-state index < -0.39 is 12.0 Å². The van der Waals surface area contributed by atoms with Crippen LogP contribution in [0.15, 0.2) is 30.3 Å². The molecule has 1 aromatic rings. The Morgan fingerprint density at radius 2 is 1.95 bits per heavy atom. The Morgan fingerprint density at radius 3 is 2.55 bits per heavy atom. The molecule has 1 aromatic carbocycles. The maximum atomic E-state index is 12.4. The second-order valence-corrected chi connectivity index (χ2v) is 5.34.